The van der Waals surface area contributed by atoms with Gasteiger partial charge < -0.3 is 20.5 Å². The second-order valence-electron chi connectivity index (χ2n) is 6.38. The molecule has 1 unspecified atom stereocenters. The lowest BCUT2D eigenvalue weighted by molar-refractivity contribution is 0.0680. The number of rotatable bonds is 7. The summed E-state index contributed by atoms with van der Waals surface area (Å²) in [4.78, 5) is 36.5. The van der Waals surface area contributed by atoms with E-state index in [9.17, 15) is 19.5 Å². The van der Waals surface area contributed by atoms with Crippen LogP contribution < -0.4 is 10.6 Å². The molecule has 11 heteroatoms. The molecule has 0 radical (unpaired) electrons. The fourth-order valence-corrected chi connectivity index (χ4v) is 2.99. The molecule has 1 saturated heterocycles. The fourth-order valence-electron chi connectivity index (χ4n) is 2.99. The minimum atomic E-state index is -1.27. The Morgan fingerprint density at radius 3 is 2.79 bits per heavy atom. The summed E-state index contributed by atoms with van der Waals surface area (Å²) in [6.45, 7) is 3.38. The van der Waals surface area contributed by atoms with Gasteiger partial charge in [-0.25, -0.2) is 4.79 Å². The highest BCUT2D eigenvalue weighted by Crippen LogP contribution is 2.18. The number of aromatic nitrogens is 4. The normalized spacial score (nSPS) is 16.1. The summed E-state index contributed by atoms with van der Waals surface area (Å²) in [7, 11) is 1.43. The highest BCUT2D eigenvalue weighted by Gasteiger charge is 2.25. The molecule has 2 aromatic heterocycles. The average Bonchev–Trinajstić information content (AvgIpc) is 3.38. The van der Waals surface area contributed by atoms with Crippen LogP contribution in [0.5, 0.6) is 0 Å². The molecule has 0 aromatic carbocycles. The van der Waals surface area contributed by atoms with Crippen molar-refractivity contribution >= 4 is 23.5 Å². The molecule has 1 fully saturated rings. The first-order chi connectivity index (χ1) is 13.4. The third kappa shape index (κ3) is 4.03. The summed E-state index contributed by atoms with van der Waals surface area (Å²) in [5.41, 5.74) is -0.111. The van der Waals surface area contributed by atoms with Crippen molar-refractivity contribution in [2.24, 2.45) is 7.05 Å². The predicted octanol–water partition coefficient (Wildman–Crippen LogP) is 0.496. The molecule has 150 valence electrons. The minimum Gasteiger partial charge on any atom is -0.477 e. The Bertz CT molecular complexity index is 896. The third-order valence-electron chi connectivity index (χ3n) is 4.45. The van der Waals surface area contributed by atoms with E-state index in [2.05, 4.69) is 20.8 Å². The molecule has 2 aromatic rings. The Balaban J connectivity index is 1.78. The maximum Gasteiger partial charge on any atom is 0.354 e. The largest absolute Gasteiger partial charge is 0.477 e. The molecule has 1 aliphatic rings. The average molecular weight is 390 g/mol. The van der Waals surface area contributed by atoms with Crippen molar-refractivity contribution in [2.45, 2.75) is 32.4 Å². The van der Waals surface area contributed by atoms with E-state index >= 15 is 0 Å². The maximum atomic E-state index is 12.6. The van der Waals surface area contributed by atoms with Crippen molar-refractivity contribution in [3.05, 3.63) is 29.3 Å². The van der Waals surface area contributed by atoms with Gasteiger partial charge >= 0.3 is 5.97 Å². The number of carboxylic acids is 1. The van der Waals surface area contributed by atoms with Crippen molar-refractivity contribution in [3.8, 4) is 0 Å². The molecule has 1 aliphatic heterocycles. The number of carboxylic acid groups (broad SMARTS) is 1. The standard InChI is InChI=1S/C17H22N6O5/c1-3-23-9-12(13(21-23)16(25)18-7-10-5-4-6-28-10)20-15(24)11-8-19-22(2)14(11)17(26)27/h8-10H,3-7H2,1-2H3,(H,18,25)(H,20,24)(H,26,27). The lowest BCUT2D eigenvalue weighted by atomic mass is 10.2. The van der Waals surface area contributed by atoms with Crippen molar-refractivity contribution in [3.63, 3.8) is 0 Å². The Morgan fingerprint density at radius 2 is 2.14 bits per heavy atom. The number of anilines is 1. The zero-order chi connectivity index (χ0) is 20.3. The second kappa shape index (κ2) is 8.21. The van der Waals surface area contributed by atoms with Crippen molar-refractivity contribution < 1.29 is 24.2 Å². The number of nitrogens with zero attached hydrogens (tertiary/aromatic N) is 4. The molecule has 11 nitrogen and oxygen atoms in total. The monoisotopic (exact) mass is 390 g/mol. The van der Waals surface area contributed by atoms with Crippen LogP contribution in [-0.2, 0) is 18.3 Å². The lowest BCUT2D eigenvalue weighted by Gasteiger charge is -2.10. The van der Waals surface area contributed by atoms with Gasteiger partial charge in [0, 0.05) is 32.9 Å². The van der Waals surface area contributed by atoms with Gasteiger partial charge in [-0.05, 0) is 19.8 Å². The summed E-state index contributed by atoms with van der Waals surface area (Å²) in [6, 6.07) is 0. The van der Waals surface area contributed by atoms with E-state index in [4.69, 9.17) is 4.74 Å². The highest BCUT2D eigenvalue weighted by molar-refractivity contribution is 6.12. The van der Waals surface area contributed by atoms with Gasteiger partial charge in [-0.3, -0.25) is 19.0 Å². The highest BCUT2D eigenvalue weighted by atomic mass is 16.5. The number of amides is 2. The Morgan fingerprint density at radius 1 is 1.36 bits per heavy atom. The van der Waals surface area contributed by atoms with Gasteiger partial charge in [-0.2, -0.15) is 10.2 Å². The van der Waals surface area contributed by atoms with E-state index in [-0.39, 0.29) is 28.7 Å². The molecule has 0 spiro atoms. The fraction of sp³-hybridized carbons (Fsp3) is 0.471. The second-order valence-corrected chi connectivity index (χ2v) is 6.38. The van der Waals surface area contributed by atoms with E-state index in [0.717, 1.165) is 17.5 Å². The Labute approximate surface area is 160 Å². The maximum absolute atomic E-state index is 12.6. The van der Waals surface area contributed by atoms with E-state index in [0.29, 0.717) is 19.7 Å². The van der Waals surface area contributed by atoms with Crippen LogP contribution in [0.2, 0.25) is 0 Å². The van der Waals surface area contributed by atoms with Crippen LogP contribution in [0.1, 0.15) is 51.1 Å². The quantitative estimate of drug-likeness (QED) is 0.625. The molecular weight excluding hydrogens is 368 g/mol. The SMILES string of the molecule is CCn1cc(NC(=O)c2cnn(C)c2C(=O)O)c(C(=O)NCC2CCCO2)n1. The molecule has 3 N–H and O–H groups in total. The van der Waals surface area contributed by atoms with Crippen LogP contribution in [0.25, 0.3) is 0 Å². The van der Waals surface area contributed by atoms with Gasteiger partial charge in [0.1, 0.15) is 0 Å². The Hall–Kier alpha value is -3.21. The van der Waals surface area contributed by atoms with E-state index < -0.39 is 17.8 Å². The number of hydrogen-bond acceptors (Lipinski definition) is 6. The summed E-state index contributed by atoms with van der Waals surface area (Å²) >= 11 is 0. The number of ether oxygens (including phenoxy) is 1. The van der Waals surface area contributed by atoms with E-state index in [1.165, 1.54) is 24.1 Å². The molecular formula is C17H22N6O5. The van der Waals surface area contributed by atoms with Crippen LogP contribution in [0.3, 0.4) is 0 Å². The van der Waals surface area contributed by atoms with Gasteiger partial charge in [0.15, 0.2) is 11.4 Å². The summed E-state index contributed by atoms with van der Waals surface area (Å²) < 4.78 is 8.09. The molecule has 1 atom stereocenters. The first-order valence-corrected chi connectivity index (χ1v) is 8.94. The Kier molecular flexibility index (Phi) is 5.73. The number of carbonyl (C=O) groups excluding carboxylic acids is 2. The summed E-state index contributed by atoms with van der Waals surface area (Å²) in [6.07, 6.45) is 4.51. The number of nitrogens with one attached hydrogen (secondary N) is 2. The van der Waals surface area contributed by atoms with E-state index in [1.807, 2.05) is 6.92 Å². The number of carbonyl (C=O) groups is 3. The van der Waals surface area contributed by atoms with Gasteiger partial charge in [0.2, 0.25) is 0 Å². The first kappa shape index (κ1) is 19.5. The number of aromatic carboxylic acids is 1. The van der Waals surface area contributed by atoms with Crippen molar-refractivity contribution in [1.82, 2.24) is 24.9 Å². The summed E-state index contributed by atoms with van der Waals surface area (Å²) in [5.74, 6) is -2.40. The van der Waals surface area contributed by atoms with Crippen molar-refractivity contribution in [1.29, 1.82) is 0 Å². The molecule has 28 heavy (non-hydrogen) atoms. The van der Waals surface area contributed by atoms with E-state index in [1.54, 1.807) is 0 Å². The molecule has 3 heterocycles. The first-order valence-electron chi connectivity index (χ1n) is 8.94. The molecule has 0 aliphatic carbocycles. The van der Waals surface area contributed by atoms with Crippen LogP contribution in [0, 0.1) is 0 Å². The van der Waals surface area contributed by atoms with Crippen LogP contribution in [0.15, 0.2) is 12.4 Å². The molecule has 3 rings (SSSR count). The lowest BCUT2D eigenvalue weighted by Crippen LogP contribution is -2.32. The minimum absolute atomic E-state index is 0.0243. The van der Waals surface area contributed by atoms with Gasteiger partial charge in [-0.1, -0.05) is 0 Å². The molecule has 2 amide bonds. The van der Waals surface area contributed by atoms with Crippen molar-refractivity contribution in [2.75, 3.05) is 18.5 Å². The van der Waals surface area contributed by atoms with Gasteiger partial charge in [-0.15, -0.1) is 0 Å². The number of aryl methyl sites for hydroxylation is 2. The zero-order valence-electron chi connectivity index (χ0n) is 15.6. The zero-order valence-corrected chi connectivity index (χ0v) is 15.6. The number of hydrogen-bond donors (Lipinski definition) is 3. The van der Waals surface area contributed by atoms with Crippen LogP contribution in [0.4, 0.5) is 5.69 Å². The van der Waals surface area contributed by atoms with Gasteiger partial charge in [0.05, 0.1) is 23.6 Å². The third-order valence-corrected chi connectivity index (χ3v) is 4.45. The van der Waals surface area contributed by atoms with Crippen LogP contribution >= 0.6 is 0 Å². The van der Waals surface area contributed by atoms with Gasteiger partial charge in [0.25, 0.3) is 11.8 Å². The molecule has 0 saturated carbocycles. The predicted molar refractivity (Wildman–Crippen MR) is 97.3 cm³/mol. The summed E-state index contributed by atoms with van der Waals surface area (Å²) in [5, 5.41) is 22.6. The smallest absolute Gasteiger partial charge is 0.354 e. The van der Waals surface area contributed by atoms with Crippen LogP contribution in [-0.4, -0.2) is 61.7 Å². The topological polar surface area (TPSA) is 140 Å². The molecule has 0 bridgehead atoms.